The lowest BCUT2D eigenvalue weighted by atomic mass is 9.86. The van der Waals surface area contributed by atoms with Gasteiger partial charge in [0.2, 0.25) is 0 Å². The summed E-state index contributed by atoms with van der Waals surface area (Å²) in [7, 11) is 2.19. The average Bonchev–Trinajstić information content (AvgIpc) is 2.88. The van der Waals surface area contributed by atoms with Gasteiger partial charge in [0.05, 0.1) is 6.61 Å². The molecule has 1 aromatic heterocycles. The van der Waals surface area contributed by atoms with E-state index in [2.05, 4.69) is 35.2 Å². The lowest BCUT2D eigenvalue weighted by Gasteiger charge is -2.32. The topological polar surface area (TPSA) is 37.4 Å². The monoisotopic (exact) mass is 277 g/mol. The predicted molar refractivity (Wildman–Crippen MR) is 81.6 cm³/mol. The molecule has 0 aliphatic carbocycles. The van der Waals surface area contributed by atoms with Gasteiger partial charge in [0.15, 0.2) is 0 Å². The molecule has 0 saturated carbocycles. The number of hydrogen-bond donors (Lipinski definition) is 1. The van der Waals surface area contributed by atoms with Gasteiger partial charge in [-0.1, -0.05) is 13.0 Å². The van der Waals surface area contributed by atoms with Gasteiger partial charge in [0.25, 0.3) is 0 Å². The van der Waals surface area contributed by atoms with Crippen LogP contribution in [0.25, 0.3) is 0 Å². The van der Waals surface area contributed by atoms with E-state index in [1.165, 1.54) is 12.0 Å². The summed E-state index contributed by atoms with van der Waals surface area (Å²) in [6.07, 6.45) is 6.11. The fourth-order valence-corrected chi connectivity index (χ4v) is 2.93. The van der Waals surface area contributed by atoms with Crippen LogP contribution in [0.3, 0.4) is 0 Å². The summed E-state index contributed by atoms with van der Waals surface area (Å²) in [6, 6.07) is 4.14. The first-order valence-electron chi connectivity index (χ1n) is 7.60. The molecule has 4 nitrogen and oxygen atoms in total. The smallest absolute Gasteiger partial charge is 0.0547 e. The average molecular weight is 277 g/mol. The van der Waals surface area contributed by atoms with Crippen LogP contribution in [0.15, 0.2) is 24.5 Å². The van der Waals surface area contributed by atoms with Crippen molar-refractivity contribution in [3.63, 3.8) is 0 Å². The molecule has 0 amide bonds. The van der Waals surface area contributed by atoms with Crippen LogP contribution in [0.2, 0.25) is 0 Å². The molecule has 2 heterocycles. The van der Waals surface area contributed by atoms with E-state index in [0.717, 1.165) is 45.8 Å². The maximum absolute atomic E-state index is 5.66. The van der Waals surface area contributed by atoms with Gasteiger partial charge in [-0.25, -0.2) is 0 Å². The molecule has 1 atom stereocenters. The minimum atomic E-state index is 0.270. The Bertz CT molecular complexity index is 377. The molecule has 1 N–H and O–H groups in total. The fourth-order valence-electron chi connectivity index (χ4n) is 2.93. The highest BCUT2D eigenvalue weighted by molar-refractivity contribution is 5.08. The van der Waals surface area contributed by atoms with E-state index in [0.29, 0.717) is 0 Å². The standard InChI is InChI=1S/C16H27N3O/c1-3-7-18-12-16(6-9-20-14-16)13-19(2)11-15-5-4-8-17-10-15/h4-5,8,10,18H,3,6-7,9,11-14H2,1-2H3. The zero-order chi connectivity index (χ0) is 14.3. The Hall–Kier alpha value is -0.970. The summed E-state index contributed by atoms with van der Waals surface area (Å²) in [5, 5.41) is 3.57. The number of nitrogens with one attached hydrogen (secondary N) is 1. The third-order valence-electron chi connectivity index (χ3n) is 3.89. The zero-order valence-corrected chi connectivity index (χ0v) is 12.8. The molecule has 4 heteroatoms. The van der Waals surface area contributed by atoms with Crippen molar-refractivity contribution in [2.75, 3.05) is 39.9 Å². The van der Waals surface area contributed by atoms with E-state index in [9.17, 15) is 0 Å². The van der Waals surface area contributed by atoms with Crippen molar-refractivity contribution < 1.29 is 4.74 Å². The number of aromatic nitrogens is 1. The van der Waals surface area contributed by atoms with E-state index in [1.807, 2.05) is 18.5 Å². The molecule has 1 fully saturated rings. The lowest BCUT2D eigenvalue weighted by Crippen LogP contribution is -2.43. The maximum atomic E-state index is 5.66. The van der Waals surface area contributed by atoms with Crippen LogP contribution < -0.4 is 5.32 Å². The number of rotatable bonds is 8. The van der Waals surface area contributed by atoms with Gasteiger partial charge in [-0.3, -0.25) is 4.98 Å². The molecule has 1 saturated heterocycles. The van der Waals surface area contributed by atoms with E-state index in [1.54, 1.807) is 0 Å². The molecule has 2 rings (SSSR count). The highest BCUT2D eigenvalue weighted by Gasteiger charge is 2.35. The van der Waals surface area contributed by atoms with Gasteiger partial charge in [0, 0.05) is 44.0 Å². The molecule has 1 aromatic rings. The molecule has 20 heavy (non-hydrogen) atoms. The quantitative estimate of drug-likeness (QED) is 0.737. The minimum absolute atomic E-state index is 0.270. The van der Waals surface area contributed by atoms with Crippen molar-refractivity contribution >= 4 is 0 Å². The molecule has 112 valence electrons. The SMILES string of the molecule is CCCNCC1(CN(C)Cc2cccnc2)CCOC1. The second-order valence-electron chi connectivity index (χ2n) is 6.01. The molecule has 0 bridgehead atoms. The first-order valence-corrected chi connectivity index (χ1v) is 7.60. The molecule has 0 spiro atoms. The van der Waals surface area contributed by atoms with Crippen LogP contribution in [0.4, 0.5) is 0 Å². The van der Waals surface area contributed by atoms with Gasteiger partial charge in [-0.15, -0.1) is 0 Å². The van der Waals surface area contributed by atoms with Gasteiger partial charge >= 0.3 is 0 Å². The van der Waals surface area contributed by atoms with Crippen LogP contribution in [-0.2, 0) is 11.3 Å². The number of pyridine rings is 1. The first kappa shape index (κ1) is 15.4. The van der Waals surface area contributed by atoms with Crippen LogP contribution in [0.1, 0.15) is 25.3 Å². The maximum Gasteiger partial charge on any atom is 0.0547 e. The summed E-state index contributed by atoms with van der Waals surface area (Å²) in [5.41, 5.74) is 1.54. The molecule has 1 aliphatic heterocycles. The van der Waals surface area contributed by atoms with Gasteiger partial charge in [0.1, 0.15) is 0 Å². The number of hydrogen-bond acceptors (Lipinski definition) is 4. The lowest BCUT2D eigenvalue weighted by molar-refractivity contribution is 0.116. The Balaban J connectivity index is 1.87. The Kier molecular flexibility index (Phi) is 5.95. The summed E-state index contributed by atoms with van der Waals surface area (Å²) >= 11 is 0. The first-order chi connectivity index (χ1) is 9.74. The third-order valence-corrected chi connectivity index (χ3v) is 3.89. The van der Waals surface area contributed by atoms with E-state index in [4.69, 9.17) is 4.74 Å². The Labute approximate surface area is 122 Å². The number of ether oxygens (including phenoxy) is 1. The van der Waals surface area contributed by atoms with Crippen molar-refractivity contribution in [1.82, 2.24) is 15.2 Å². The Morgan fingerprint density at radius 1 is 1.50 bits per heavy atom. The van der Waals surface area contributed by atoms with Crippen molar-refractivity contribution in [1.29, 1.82) is 0 Å². The van der Waals surface area contributed by atoms with E-state index < -0.39 is 0 Å². The van der Waals surface area contributed by atoms with E-state index in [-0.39, 0.29) is 5.41 Å². The normalized spacial score (nSPS) is 22.6. The van der Waals surface area contributed by atoms with Gasteiger partial charge < -0.3 is 15.0 Å². The zero-order valence-electron chi connectivity index (χ0n) is 12.8. The minimum Gasteiger partial charge on any atom is -0.381 e. The fraction of sp³-hybridized carbons (Fsp3) is 0.688. The summed E-state index contributed by atoms with van der Waals surface area (Å²) < 4.78 is 5.66. The summed E-state index contributed by atoms with van der Waals surface area (Å²) in [5.74, 6) is 0. The highest BCUT2D eigenvalue weighted by Crippen LogP contribution is 2.29. The molecule has 1 aliphatic rings. The van der Waals surface area contributed by atoms with Crippen molar-refractivity contribution in [3.05, 3.63) is 30.1 Å². The molecule has 0 aromatic carbocycles. The second kappa shape index (κ2) is 7.72. The van der Waals surface area contributed by atoms with Gasteiger partial charge in [-0.05, 0) is 38.1 Å². The third kappa shape index (κ3) is 4.54. The Morgan fingerprint density at radius 3 is 3.05 bits per heavy atom. The van der Waals surface area contributed by atoms with E-state index >= 15 is 0 Å². The number of nitrogens with zero attached hydrogens (tertiary/aromatic N) is 2. The highest BCUT2D eigenvalue weighted by atomic mass is 16.5. The van der Waals surface area contributed by atoms with Crippen LogP contribution in [0, 0.1) is 5.41 Å². The predicted octanol–water partition coefficient (Wildman–Crippen LogP) is 1.92. The molecular formula is C16H27N3O. The summed E-state index contributed by atoms with van der Waals surface area (Å²) in [4.78, 5) is 6.57. The second-order valence-corrected chi connectivity index (χ2v) is 6.01. The molecule has 1 unspecified atom stereocenters. The van der Waals surface area contributed by atoms with Crippen molar-refractivity contribution in [2.24, 2.45) is 5.41 Å². The summed E-state index contributed by atoms with van der Waals surface area (Å²) in [6.45, 7) is 8.14. The van der Waals surface area contributed by atoms with Gasteiger partial charge in [-0.2, -0.15) is 0 Å². The molecular weight excluding hydrogens is 250 g/mol. The Morgan fingerprint density at radius 2 is 2.40 bits per heavy atom. The van der Waals surface area contributed by atoms with Crippen LogP contribution in [0.5, 0.6) is 0 Å². The largest absolute Gasteiger partial charge is 0.381 e. The molecule has 0 radical (unpaired) electrons. The van der Waals surface area contributed by atoms with Crippen LogP contribution in [-0.4, -0.2) is 49.8 Å². The van der Waals surface area contributed by atoms with Crippen molar-refractivity contribution in [3.8, 4) is 0 Å². The van der Waals surface area contributed by atoms with Crippen molar-refractivity contribution in [2.45, 2.75) is 26.3 Å². The van der Waals surface area contributed by atoms with Crippen LogP contribution >= 0.6 is 0 Å².